The number of pyridine rings is 1. The average molecular weight is 378 g/mol. The minimum Gasteiger partial charge on any atom is -0.314 e. The Bertz CT molecular complexity index is 755. The molecule has 1 aliphatic rings. The van der Waals surface area contributed by atoms with Crippen LogP contribution >= 0.6 is 24.8 Å². The number of hydrogen-bond donors (Lipinski definition) is 2. The second-order valence-corrected chi connectivity index (χ2v) is 7.45. The van der Waals surface area contributed by atoms with Crippen molar-refractivity contribution in [3.05, 3.63) is 36.2 Å². The van der Waals surface area contributed by atoms with Crippen LogP contribution < -0.4 is 10.6 Å². The van der Waals surface area contributed by atoms with Crippen molar-refractivity contribution in [1.82, 2.24) is 15.6 Å². The van der Waals surface area contributed by atoms with Gasteiger partial charge in [-0.15, -0.1) is 24.8 Å². The maximum absolute atomic E-state index is 13.0. The van der Waals surface area contributed by atoms with Crippen molar-refractivity contribution in [3.8, 4) is 0 Å². The summed E-state index contributed by atoms with van der Waals surface area (Å²) in [5.41, 5.74) is 0.883. The lowest BCUT2D eigenvalue weighted by atomic mass is 10.1. The molecule has 1 atom stereocenters. The monoisotopic (exact) mass is 377 g/mol. The Morgan fingerprint density at radius 1 is 1.17 bits per heavy atom. The SMILES string of the molecule is Cc1cncc2cccc(S(=O)(=O)C3CNCCCN3)c12.Cl.Cl. The van der Waals surface area contributed by atoms with Gasteiger partial charge in [0.1, 0.15) is 5.37 Å². The van der Waals surface area contributed by atoms with Crippen LogP contribution in [0.25, 0.3) is 10.8 Å². The molecule has 0 aliphatic carbocycles. The number of nitrogens with one attached hydrogen (secondary N) is 2. The molecule has 0 spiro atoms. The molecule has 1 fully saturated rings. The molecule has 0 radical (unpaired) electrons. The smallest absolute Gasteiger partial charge is 0.196 e. The molecule has 0 amide bonds. The number of aromatic nitrogens is 1. The number of nitrogens with zero attached hydrogens (tertiary/aromatic N) is 1. The van der Waals surface area contributed by atoms with Gasteiger partial charge in [0.05, 0.1) is 4.90 Å². The molecule has 5 nitrogen and oxygen atoms in total. The third kappa shape index (κ3) is 3.95. The summed E-state index contributed by atoms with van der Waals surface area (Å²) in [5, 5.41) is 7.37. The summed E-state index contributed by atoms with van der Waals surface area (Å²) in [6, 6.07) is 5.37. The number of fused-ring (bicyclic) bond motifs is 1. The second-order valence-electron chi connectivity index (χ2n) is 5.36. The van der Waals surface area contributed by atoms with Gasteiger partial charge in [-0.25, -0.2) is 8.42 Å². The van der Waals surface area contributed by atoms with Crippen LogP contribution in [-0.4, -0.2) is 38.4 Å². The number of rotatable bonds is 2. The topological polar surface area (TPSA) is 71.1 Å². The molecule has 3 rings (SSSR count). The first-order chi connectivity index (χ1) is 10.1. The summed E-state index contributed by atoms with van der Waals surface area (Å²) in [4.78, 5) is 4.53. The second kappa shape index (κ2) is 8.26. The predicted molar refractivity (Wildman–Crippen MR) is 97.4 cm³/mol. The number of hydrogen-bond acceptors (Lipinski definition) is 5. The van der Waals surface area contributed by atoms with Crippen molar-refractivity contribution in [2.45, 2.75) is 23.6 Å². The van der Waals surface area contributed by atoms with E-state index in [-0.39, 0.29) is 24.8 Å². The van der Waals surface area contributed by atoms with E-state index in [0.717, 1.165) is 29.3 Å². The lowest BCUT2D eigenvalue weighted by Crippen LogP contribution is -2.42. The Balaban J connectivity index is 0.00000132. The van der Waals surface area contributed by atoms with Gasteiger partial charge >= 0.3 is 0 Å². The summed E-state index contributed by atoms with van der Waals surface area (Å²) >= 11 is 0. The Labute approximate surface area is 149 Å². The van der Waals surface area contributed by atoms with Gasteiger partial charge in [-0.3, -0.25) is 10.3 Å². The third-order valence-electron chi connectivity index (χ3n) is 3.85. The molecule has 2 aromatic rings. The fraction of sp³-hybridized carbons (Fsp3) is 0.400. The molecule has 1 saturated heterocycles. The highest BCUT2D eigenvalue weighted by atomic mass is 35.5. The molecule has 8 heteroatoms. The maximum atomic E-state index is 13.0. The van der Waals surface area contributed by atoms with E-state index in [0.29, 0.717) is 18.0 Å². The first kappa shape index (κ1) is 20.1. The van der Waals surface area contributed by atoms with Crippen LogP contribution in [-0.2, 0) is 9.84 Å². The molecule has 128 valence electrons. The highest BCUT2D eigenvalue weighted by molar-refractivity contribution is 7.92. The normalized spacial score (nSPS) is 18.6. The molecule has 1 aromatic carbocycles. The van der Waals surface area contributed by atoms with E-state index < -0.39 is 15.2 Å². The van der Waals surface area contributed by atoms with Gasteiger partial charge in [0.15, 0.2) is 9.84 Å². The fourth-order valence-electron chi connectivity index (χ4n) is 2.76. The average Bonchev–Trinajstić information content (AvgIpc) is 2.76. The summed E-state index contributed by atoms with van der Waals surface area (Å²) in [6.45, 7) is 3.88. The highest BCUT2D eigenvalue weighted by Crippen LogP contribution is 2.27. The highest BCUT2D eigenvalue weighted by Gasteiger charge is 2.29. The van der Waals surface area contributed by atoms with Crippen molar-refractivity contribution in [2.24, 2.45) is 0 Å². The summed E-state index contributed by atoms with van der Waals surface area (Å²) in [5.74, 6) is 0. The molecule has 23 heavy (non-hydrogen) atoms. The quantitative estimate of drug-likeness (QED) is 0.837. The lowest BCUT2D eigenvalue weighted by molar-refractivity contribution is 0.553. The van der Waals surface area contributed by atoms with Crippen LogP contribution in [0.2, 0.25) is 0 Å². The van der Waals surface area contributed by atoms with Gasteiger partial charge in [0.25, 0.3) is 0 Å². The van der Waals surface area contributed by atoms with E-state index in [1.807, 2.05) is 13.0 Å². The predicted octanol–water partition coefficient (Wildman–Crippen LogP) is 2.07. The minimum atomic E-state index is -3.44. The van der Waals surface area contributed by atoms with Crippen LogP contribution in [0.3, 0.4) is 0 Å². The largest absolute Gasteiger partial charge is 0.314 e. The Morgan fingerprint density at radius 2 is 1.96 bits per heavy atom. The van der Waals surface area contributed by atoms with Gasteiger partial charge in [-0.05, 0) is 38.1 Å². The van der Waals surface area contributed by atoms with Crippen LogP contribution in [0, 0.1) is 6.92 Å². The van der Waals surface area contributed by atoms with E-state index in [2.05, 4.69) is 15.6 Å². The van der Waals surface area contributed by atoms with Crippen molar-refractivity contribution in [1.29, 1.82) is 0 Å². The van der Waals surface area contributed by atoms with Gasteiger partial charge in [0, 0.05) is 29.7 Å². The molecule has 2 N–H and O–H groups in total. The zero-order valence-electron chi connectivity index (χ0n) is 12.8. The molecule has 1 unspecified atom stereocenters. The fourth-order valence-corrected chi connectivity index (χ4v) is 4.58. The summed E-state index contributed by atoms with van der Waals surface area (Å²) < 4.78 is 26.0. The van der Waals surface area contributed by atoms with Crippen molar-refractivity contribution < 1.29 is 8.42 Å². The summed E-state index contributed by atoms with van der Waals surface area (Å²) in [7, 11) is -3.44. The summed E-state index contributed by atoms with van der Waals surface area (Å²) in [6.07, 6.45) is 4.35. The number of sulfone groups is 1. The molecule has 0 bridgehead atoms. The molecule has 1 aromatic heterocycles. The minimum absolute atomic E-state index is 0. The number of aryl methyl sites for hydroxylation is 1. The third-order valence-corrected chi connectivity index (χ3v) is 5.88. The number of halogens is 2. The van der Waals surface area contributed by atoms with Gasteiger partial charge in [-0.1, -0.05) is 12.1 Å². The number of benzene rings is 1. The molecule has 0 saturated carbocycles. The van der Waals surface area contributed by atoms with Gasteiger partial charge in [0.2, 0.25) is 0 Å². The van der Waals surface area contributed by atoms with E-state index in [9.17, 15) is 8.42 Å². The van der Waals surface area contributed by atoms with Crippen LogP contribution in [0.5, 0.6) is 0 Å². The van der Waals surface area contributed by atoms with E-state index in [4.69, 9.17) is 0 Å². The van der Waals surface area contributed by atoms with Gasteiger partial charge < -0.3 is 5.32 Å². The van der Waals surface area contributed by atoms with Crippen molar-refractivity contribution >= 4 is 45.4 Å². The Kier molecular flexibility index (Phi) is 7.23. The van der Waals surface area contributed by atoms with E-state index >= 15 is 0 Å². The molecule has 2 heterocycles. The van der Waals surface area contributed by atoms with E-state index in [1.165, 1.54) is 0 Å². The van der Waals surface area contributed by atoms with Gasteiger partial charge in [-0.2, -0.15) is 0 Å². The zero-order valence-corrected chi connectivity index (χ0v) is 15.2. The zero-order chi connectivity index (χ0) is 14.9. The first-order valence-corrected chi connectivity index (χ1v) is 8.66. The van der Waals surface area contributed by atoms with Crippen molar-refractivity contribution in [3.63, 3.8) is 0 Å². The standard InChI is InChI=1S/C15H19N3O2S.2ClH/c1-11-8-17-9-12-4-2-5-13(15(11)12)21(19,20)14-10-16-6-3-7-18-14;;/h2,4-5,8-9,14,16,18H,3,6-7,10H2,1H3;2*1H. The maximum Gasteiger partial charge on any atom is 0.196 e. The van der Waals surface area contributed by atoms with Crippen LogP contribution in [0.1, 0.15) is 12.0 Å². The van der Waals surface area contributed by atoms with Crippen molar-refractivity contribution in [2.75, 3.05) is 19.6 Å². The van der Waals surface area contributed by atoms with E-state index in [1.54, 1.807) is 24.5 Å². The Hall–Kier alpha value is -0.920. The molecular weight excluding hydrogens is 357 g/mol. The Morgan fingerprint density at radius 3 is 2.74 bits per heavy atom. The first-order valence-electron chi connectivity index (χ1n) is 7.12. The molecular formula is C15H21Cl2N3O2S. The van der Waals surface area contributed by atoms with Crippen LogP contribution in [0.4, 0.5) is 0 Å². The molecule has 1 aliphatic heterocycles. The van der Waals surface area contributed by atoms with Crippen LogP contribution in [0.15, 0.2) is 35.5 Å². The lowest BCUT2D eigenvalue weighted by Gasteiger charge is -2.18.